The molecule has 0 saturated heterocycles. The number of ether oxygens (including phenoxy) is 1. The molecule has 6 nitrogen and oxygen atoms in total. The van der Waals surface area contributed by atoms with Crippen molar-refractivity contribution in [1.29, 1.82) is 0 Å². The number of alkyl halides is 2. The van der Waals surface area contributed by atoms with Gasteiger partial charge in [-0.1, -0.05) is 0 Å². The molecule has 1 atom stereocenters. The summed E-state index contributed by atoms with van der Waals surface area (Å²) in [6, 6.07) is 3.73. The van der Waals surface area contributed by atoms with E-state index >= 15 is 0 Å². The molecule has 0 aromatic heterocycles. The summed E-state index contributed by atoms with van der Waals surface area (Å²) < 4.78 is 48.5. The Balaban J connectivity index is 3.11. The zero-order valence-corrected chi connectivity index (χ0v) is 11.6. The van der Waals surface area contributed by atoms with Crippen LogP contribution in [0.15, 0.2) is 22.6 Å². The van der Waals surface area contributed by atoms with E-state index in [0.717, 1.165) is 0 Å². The fraction of sp³-hybridized carbons (Fsp3) is 0.364. The zero-order chi connectivity index (χ0) is 15.3. The maximum absolute atomic E-state index is 12.3. The molecule has 0 fully saturated rings. The van der Waals surface area contributed by atoms with Gasteiger partial charge < -0.3 is 9.84 Å². The Bertz CT molecular complexity index is 579. The van der Waals surface area contributed by atoms with E-state index in [9.17, 15) is 17.8 Å². The third-order valence-corrected chi connectivity index (χ3v) is 2.77. The molecule has 0 amide bonds. The van der Waals surface area contributed by atoms with Crippen LogP contribution in [0.1, 0.15) is 17.3 Å². The molecule has 1 rings (SSSR count). The second kappa shape index (κ2) is 6.73. The quantitative estimate of drug-likeness (QED) is 0.617. The summed E-state index contributed by atoms with van der Waals surface area (Å²) in [5.74, 6) is -0.458. The highest BCUT2D eigenvalue weighted by Gasteiger charge is 2.25. The average molecular weight is 309 g/mol. The molecule has 0 radical (unpaired) electrons. The van der Waals surface area contributed by atoms with Crippen molar-refractivity contribution in [2.24, 2.45) is 4.36 Å². The van der Waals surface area contributed by atoms with Gasteiger partial charge >= 0.3 is 6.11 Å². The highest BCUT2D eigenvalue weighted by atomic mass is 32.2. The second-order valence-corrected chi connectivity index (χ2v) is 4.79. The fourth-order valence-corrected chi connectivity index (χ4v) is 1.62. The van der Waals surface area contributed by atoms with Gasteiger partial charge in [-0.05, 0) is 19.1 Å². The van der Waals surface area contributed by atoms with Crippen LogP contribution < -0.4 is 4.74 Å². The third-order valence-electron chi connectivity index (χ3n) is 2.06. The summed E-state index contributed by atoms with van der Waals surface area (Å²) in [5.41, 5.74) is 0.221. The number of halogens is 2. The number of ketones is 1. The maximum atomic E-state index is 12.3. The highest BCUT2D eigenvalue weighted by Crippen LogP contribution is 2.25. The van der Waals surface area contributed by atoms with Crippen LogP contribution in [0.5, 0.6) is 5.75 Å². The van der Waals surface area contributed by atoms with Crippen molar-refractivity contribution in [3.63, 3.8) is 0 Å². The average Bonchev–Trinajstić information content (AvgIpc) is 2.35. The molecular weight excluding hydrogens is 296 g/mol. The molecule has 1 aromatic rings. The van der Waals surface area contributed by atoms with Gasteiger partial charge in [-0.2, -0.15) is 13.1 Å². The number of nitrogens with zero attached hydrogens (tertiary/aromatic N) is 1. The molecule has 0 spiro atoms. The van der Waals surface area contributed by atoms with Gasteiger partial charge in [0.1, 0.15) is 5.75 Å². The van der Waals surface area contributed by atoms with Crippen LogP contribution in [0.2, 0.25) is 0 Å². The van der Waals surface area contributed by atoms with Crippen LogP contribution in [-0.4, -0.2) is 34.9 Å². The lowest BCUT2D eigenvalue weighted by atomic mass is 10.1. The summed E-state index contributed by atoms with van der Waals surface area (Å²) in [5, 5.41) is 8.29. The predicted octanol–water partition coefficient (Wildman–Crippen LogP) is 1.71. The van der Waals surface area contributed by atoms with Crippen molar-refractivity contribution < 1.29 is 31.8 Å². The number of benzene rings is 1. The molecule has 1 unspecified atom stereocenters. The van der Waals surface area contributed by atoms with Crippen molar-refractivity contribution >= 4 is 22.3 Å². The van der Waals surface area contributed by atoms with Gasteiger partial charge in [-0.25, -0.2) is 4.21 Å². The molecule has 1 aromatic carbocycles. The van der Waals surface area contributed by atoms with Crippen molar-refractivity contribution in [2.75, 3.05) is 13.7 Å². The Morgan fingerprint density at radius 2 is 2.10 bits per heavy atom. The molecule has 0 aliphatic heterocycles. The normalized spacial score (nSPS) is 13.2. The van der Waals surface area contributed by atoms with Crippen molar-refractivity contribution in [3.05, 3.63) is 23.8 Å². The van der Waals surface area contributed by atoms with Gasteiger partial charge in [0.25, 0.3) is 0 Å². The van der Waals surface area contributed by atoms with Crippen LogP contribution in [0.25, 0.3) is 0 Å². The minimum atomic E-state index is -4.00. The Morgan fingerprint density at radius 1 is 1.45 bits per heavy atom. The minimum absolute atomic E-state index is 0.0805. The van der Waals surface area contributed by atoms with E-state index in [-0.39, 0.29) is 22.8 Å². The molecule has 1 N–H and O–H groups in total. The molecular formula is C11H13F2NO5S. The first-order chi connectivity index (χ1) is 9.21. The highest BCUT2D eigenvalue weighted by molar-refractivity contribution is 7.69. The summed E-state index contributed by atoms with van der Waals surface area (Å²) in [6.07, 6.45) is -4.00. The Morgan fingerprint density at radius 3 is 2.60 bits per heavy atom. The van der Waals surface area contributed by atoms with E-state index in [0.29, 0.717) is 0 Å². The van der Waals surface area contributed by atoms with E-state index in [1.807, 2.05) is 0 Å². The fourth-order valence-electron chi connectivity index (χ4n) is 1.23. The number of hydrogen-bond donors (Lipinski definition) is 2. The third kappa shape index (κ3) is 5.59. The first-order valence-corrected chi connectivity index (χ1v) is 6.46. The van der Waals surface area contributed by atoms with Gasteiger partial charge in [-0.15, -0.1) is 0 Å². The monoisotopic (exact) mass is 309 g/mol. The van der Waals surface area contributed by atoms with Crippen LogP contribution >= 0.6 is 0 Å². The van der Waals surface area contributed by atoms with Crippen molar-refractivity contribution in [1.82, 2.24) is 0 Å². The Hall–Kier alpha value is -1.58. The zero-order valence-electron chi connectivity index (χ0n) is 10.7. The van der Waals surface area contributed by atoms with E-state index in [1.54, 1.807) is 0 Å². The molecule has 0 aliphatic rings. The lowest BCUT2D eigenvalue weighted by Crippen LogP contribution is -2.24. The van der Waals surface area contributed by atoms with Crippen LogP contribution in [0, 0.1) is 0 Å². The number of thiol groups is 1. The molecule has 20 heavy (non-hydrogen) atoms. The van der Waals surface area contributed by atoms with E-state index in [2.05, 4.69) is 13.3 Å². The largest absolute Gasteiger partial charge is 0.484 e. The van der Waals surface area contributed by atoms with Gasteiger partial charge in [0, 0.05) is 11.6 Å². The van der Waals surface area contributed by atoms with Gasteiger partial charge in [0.05, 0.1) is 12.8 Å². The Labute approximate surface area is 115 Å². The number of Topliss-reactive ketones (excluding diaryl/α,β-unsaturated/α-hetero) is 1. The summed E-state index contributed by atoms with van der Waals surface area (Å²) in [7, 11) is -1.14. The van der Waals surface area contributed by atoms with Crippen LogP contribution in [0.3, 0.4) is 0 Å². The van der Waals surface area contributed by atoms with E-state index in [1.165, 1.54) is 32.2 Å². The second-order valence-electron chi connectivity index (χ2n) is 3.75. The van der Waals surface area contributed by atoms with Crippen molar-refractivity contribution in [2.45, 2.75) is 13.0 Å². The number of rotatable bonds is 6. The number of hydrogen-bond acceptors (Lipinski definition) is 6. The van der Waals surface area contributed by atoms with Crippen LogP contribution in [0.4, 0.5) is 14.5 Å². The van der Waals surface area contributed by atoms with Crippen molar-refractivity contribution in [3.8, 4) is 5.75 Å². The summed E-state index contributed by atoms with van der Waals surface area (Å²) in [6.45, 7) is -0.00984. The smallest absolute Gasteiger partial charge is 0.387 e. The first kappa shape index (κ1) is 16.5. The number of aliphatic hydroxyl groups is 1. The minimum Gasteiger partial charge on any atom is -0.484 e. The standard InChI is InChI=1S/C11H13F2NO5S/c1-7(15)8-3-9(14-20(17)18-2)5-10(4-8)19-6-11(12,13)16/h3-5,16,20H,6H2,1-2H3. The molecule has 112 valence electrons. The van der Waals surface area contributed by atoms with Gasteiger partial charge in [0.2, 0.25) is 0 Å². The lowest BCUT2D eigenvalue weighted by Gasteiger charge is -2.11. The van der Waals surface area contributed by atoms with Crippen LogP contribution in [-0.2, 0) is 15.1 Å². The van der Waals surface area contributed by atoms with Gasteiger partial charge in [0.15, 0.2) is 23.3 Å². The number of carbonyl (C=O) groups is 1. The maximum Gasteiger partial charge on any atom is 0.387 e. The molecule has 0 aliphatic carbocycles. The lowest BCUT2D eigenvalue weighted by molar-refractivity contribution is -0.216. The first-order valence-electron chi connectivity index (χ1n) is 5.33. The van der Waals surface area contributed by atoms with E-state index < -0.39 is 23.6 Å². The topological polar surface area (TPSA) is 85.2 Å². The van der Waals surface area contributed by atoms with E-state index in [4.69, 9.17) is 5.11 Å². The SMILES string of the molecule is CO[SH](=O)=Nc1cc(OCC(O)(F)F)cc(C(C)=O)c1. The Kier molecular flexibility index (Phi) is 5.54. The predicted molar refractivity (Wildman–Crippen MR) is 67.7 cm³/mol. The van der Waals surface area contributed by atoms with Gasteiger partial charge in [-0.3, -0.25) is 8.98 Å². The summed E-state index contributed by atoms with van der Waals surface area (Å²) in [4.78, 5) is 11.3. The summed E-state index contributed by atoms with van der Waals surface area (Å²) >= 11 is 0. The molecule has 0 saturated carbocycles. The molecule has 0 heterocycles. The molecule has 9 heteroatoms. The number of carbonyl (C=O) groups excluding carboxylic acids is 1. The molecule has 0 bridgehead atoms.